The third kappa shape index (κ3) is 6.38. The smallest absolute Gasteiger partial charge is 0.0639 e. The Morgan fingerprint density at radius 3 is 2.19 bits per heavy atom. The van der Waals surface area contributed by atoms with Crippen LogP contribution in [0.5, 0.6) is 0 Å². The van der Waals surface area contributed by atoms with Crippen LogP contribution in [0.2, 0.25) is 0 Å². The molecule has 0 aromatic carbocycles. The van der Waals surface area contributed by atoms with Crippen LogP contribution >= 0.6 is 10.8 Å². The maximum Gasteiger partial charge on any atom is 0.0639 e. The van der Waals surface area contributed by atoms with E-state index in [1.54, 1.807) is 4.68 Å². The van der Waals surface area contributed by atoms with Gasteiger partial charge >= 0.3 is 0 Å². The number of aryl methyl sites for hydroxylation is 2. The van der Waals surface area contributed by atoms with Gasteiger partial charge in [-0.2, -0.15) is 5.10 Å². The van der Waals surface area contributed by atoms with Gasteiger partial charge in [0.25, 0.3) is 0 Å². The van der Waals surface area contributed by atoms with Gasteiger partial charge in [0.1, 0.15) is 0 Å². The third-order valence-electron chi connectivity index (χ3n) is 3.36. The molecule has 1 aliphatic carbocycles. The lowest BCUT2D eigenvalue weighted by Crippen LogP contribution is -2.28. The summed E-state index contributed by atoms with van der Waals surface area (Å²) in [6, 6.07) is 0. The van der Waals surface area contributed by atoms with Crippen LogP contribution in [0.25, 0.3) is 0 Å². The lowest BCUT2D eigenvalue weighted by atomic mass is 10.3. The van der Waals surface area contributed by atoms with Crippen molar-refractivity contribution < 1.29 is 9.11 Å². The van der Waals surface area contributed by atoms with Gasteiger partial charge in [-0.3, -0.25) is 13.8 Å². The maximum atomic E-state index is 10.1. The topological polar surface area (TPSA) is 70.3 Å². The Labute approximate surface area is 131 Å². The maximum absolute atomic E-state index is 10.1. The van der Waals surface area contributed by atoms with Crippen molar-refractivity contribution in [2.75, 3.05) is 0 Å². The summed E-state index contributed by atoms with van der Waals surface area (Å²) in [7, 11) is -0.786. The first-order valence-corrected chi connectivity index (χ1v) is 9.61. The van der Waals surface area contributed by atoms with E-state index in [9.17, 15) is 9.11 Å². The van der Waals surface area contributed by atoms with Crippen LogP contribution in [0.1, 0.15) is 64.6 Å². The minimum atomic E-state index is -2.65. The number of aromatic nitrogens is 2. The molecular formula is C15H33N3O2S. The van der Waals surface area contributed by atoms with Gasteiger partial charge in [0.15, 0.2) is 0 Å². The summed E-state index contributed by atoms with van der Waals surface area (Å²) in [6.45, 7) is 10.4. The Kier molecular flexibility index (Phi) is 9.94. The lowest BCUT2D eigenvalue weighted by Gasteiger charge is -2.38. The van der Waals surface area contributed by atoms with Crippen molar-refractivity contribution in [3.63, 3.8) is 0 Å². The first-order chi connectivity index (χ1) is 9.99. The quantitative estimate of drug-likeness (QED) is 0.765. The molecule has 0 amide bonds. The van der Waals surface area contributed by atoms with Crippen molar-refractivity contribution >= 4 is 10.8 Å². The van der Waals surface area contributed by atoms with E-state index in [4.69, 9.17) is 0 Å². The highest BCUT2D eigenvalue weighted by Gasteiger charge is 2.28. The van der Waals surface area contributed by atoms with Crippen LogP contribution in [-0.2, 0) is 13.6 Å². The summed E-state index contributed by atoms with van der Waals surface area (Å²) < 4.78 is 24.8. The molecule has 21 heavy (non-hydrogen) atoms. The highest BCUT2D eigenvalue weighted by Crippen LogP contribution is 2.47. The number of nitrogens with zero attached hydrogens (tertiary/aromatic N) is 2. The van der Waals surface area contributed by atoms with E-state index in [0.717, 1.165) is 36.9 Å². The van der Waals surface area contributed by atoms with Crippen LogP contribution in [0, 0.1) is 6.92 Å². The number of hydrogen-bond donors (Lipinski definition) is 3. The molecule has 6 heteroatoms. The second-order valence-corrected chi connectivity index (χ2v) is 6.88. The Hall–Kier alpha value is -0.560. The molecule has 1 fully saturated rings. The Balaban J connectivity index is 0.000000921. The molecule has 126 valence electrons. The fraction of sp³-hybridized carbons (Fsp3) is 0.800. The van der Waals surface area contributed by atoms with Crippen molar-refractivity contribution in [2.24, 2.45) is 7.05 Å². The van der Waals surface area contributed by atoms with Crippen molar-refractivity contribution in [1.29, 1.82) is 0 Å². The van der Waals surface area contributed by atoms with Crippen molar-refractivity contribution in [3.8, 4) is 0 Å². The first-order valence-electron chi connectivity index (χ1n) is 8.00. The molecule has 2 rings (SSSR count). The molecule has 0 spiro atoms. The van der Waals surface area contributed by atoms with Gasteiger partial charge in [-0.05, 0) is 19.8 Å². The van der Waals surface area contributed by atoms with E-state index in [1.165, 1.54) is 0 Å². The van der Waals surface area contributed by atoms with Crippen molar-refractivity contribution in [1.82, 2.24) is 14.5 Å². The molecule has 0 saturated heterocycles. The monoisotopic (exact) mass is 319 g/mol. The zero-order valence-electron chi connectivity index (χ0n) is 14.4. The van der Waals surface area contributed by atoms with Crippen molar-refractivity contribution in [3.05, 3.63) is 17.5 Å². The molecule has 0 radical (unpaired) electrons. The third-order valence-corrected chi connectivity index (χ3v) is 5.33. The standard InChI is InChI=1S/C11H21N3O2S.2C2H6/c1-9-10(8-14(2)13-9)7-12-17(15,16)11-5-3-4-6-11;2*1-2/h8,11-12,15-16H,3-7H2,1-2H3;2*1-2H3. The van der Waals surface area contributed by atoms with Crippen LogP contribution in [0.4, 0.5) is 0 Å². The van der Waals surface area contributed by atoms with Crippen LogP contribution in [-0.4, -0.2) is 24.1 Å². The minimum Gasteiger partial charge on any atom is -0.285 e. The second kappa shape index (κ2) is 10.2. The summed E-state index contributed by atoms with van der Waals surface area (Å²) in [5.41, 5.74) is 1.95. The second-order valence-electron chi connectivity index (χ2n) is 4.73. The average Bonchev–Trinajstić information content (AvgIpc) is 3.11. The largest absolute Gasteiger partial charge is 0.285 e. The Bertz CT molecular complexity index is 388. The molecule has 1 aromatic rings. The van der Waals surface area contributed by atoms with Gasteiger partial charge in [0.05, 0.1) is 10.9 Å². The predicted octanol–water partition coefficient (Wildman–Crippen LogP) is 4.48. The Morgan fingerprint density at radius 2 is 1.76 bits per heavy atom. The van der Waals surface area contributed by atoms with Gasteiger partial charge in [-0.15, -0.1) is 10.8 Å². The van der Waals surface area contributed by atoms with Crippen LogP contribution in [0.3, 0.4) is 0 Å². The molecule has 0 bridgehead atoms. The summed E-state index contributed by atoms with van der Waals surface area (Å²) in [5.74, 6) is 0. The van der Waals surface area contributed by atoms with Gasteiger partial charge < -0.3 is 0 Å². The SMILES string of the molecule is CC.CC.Cc1nn(C)cc1CNS(O)(O)C1CCCC1. The fourth-order valence-corrected chi connectivity index (χ4v) is 3.94. The highest BCUT2D eigenvalue weighted by atomic mass is 32.3. The molecule has 0 unspecified atom stereocenters. The number of rotatable bonds is 4. The Morgan fingerprint density at radius 1 is 1.24 bits per heavy atom. The molecule has 1 heterocycles. The van der Waals surface area contributed by atoms with Gasteiger partial charge in [0, 0.05) is 25.4 Å². The first kappa shape index (κ1) is 20.4. The molecular weight excluding hydrogens is 286 g/mol. The summed E-state index contributed by atoms with van der Waals surface area (Å²) in [6.07, 6.45) is 5.96. The zero-order valence-corrected chi connectivity index (χ0v) is 15.2. The van der Waals surface area contributed by atoms with E-state index < -0.39 is 10.8 Å². The van der Waals surface area contributed by atoms with E-state index in [-0.39, 0.29) is 5.25 Å². The van der Waals surface area contributed by atoms with E-state index in [2.05, 4.69) is 9.82 Å². The minimum absolute atomic E-state index is 0.0273. The number of nitrogens with one attached hydrogen (secondary N) is 1. The molecule has 1 saturated carbocycles. The van der Waals surface area contributed by atoms with E-state index in [0.29, 0.717) is 6.54 Å². The normalized spacial score (nSPS) is 15.8. The summed E-state index contributed by atoms with van der Waals surface area (Å²) in [4.78, 5) is 0. The molecule has 0 aliphatic heterocycles. The molecule has 3 N–H and O–H groups in total. The summed E-state index contributed by atoms with van der Waals surface area (Å²) >= 11 is 0. The summed E-state index contributed by atoms with van der Waals surface area (Å²) in [5, 5.41) is 4.26. The van der Waals surface area contributed by atoms with Gasteiger partial charge in [0.2, 0.25) is 0 Å². The lowest BCUT2D eigenvalue weighted by molar-refractivity contribution is 0.451. The molecule has 5 nitrogen and oxygen atoms in total. The van der Waals surface area contributed by atoms with E-state index >= 15 is 0 Å². The highest BCUT2D eigenvalue weighted by molar-refractivity contribution is 8.23. The van der Waals surface area contributed by atoms with E-state index in [1.807, 2.05) is 47.9 Å². The molecule has 0 atom stereocenters. The van der Waals surface area contributed by atoms with Gasteiger partial charge in [-0.25, -0.2) is 4.72 Å². The van der Waals surface area contributed by atoms with Gasteiger partial charge in [-0.1, -0.05) is 40.5 Å². The van der Waals surface area contributed by atoms with Crippen LogP contribution < -0.4 is 4.72 Å². The number of hydrogen-bond acceptors (Lipinski definition) is 4. The molecule has 1 aromatic heterocycles. The predicted molar refractivity (Wildman–Crippen MR) is 92.6 cm³/mol. The average molecular weight is 320 g/mol. The molecule has 1 aliphatic rings. The zero-order chi connectivity index (χ0) is 16.5. The van der Waals surface area contributed by atoms with Crippen LogP contribution in [0.15, 0.2) is 6.20 Å². The fourth-order valence-electron chi connectivity index (χ4n) is 2.34. The van der Waals surface area contributed by atoms with Crippen molar-refractivity contribution in [2.45, 2.75) is 72.1 Å².